The Balaban J connectivity index is 0.000000383. The zero-order valence-electron chi connectivity index (χ0n) is 18.5. The maximum atomic E-state index is 10.6. The number of hydrogen-bond donors (Lipinski definition) is 2. The molecule has 11 heteroatoms. The number of hydrogen-bond acceptors (Lipinski definition) is 6. The second-order valence-electron chi connectivity index (χ2n) is 8.55. The molecular formula is C22H23BF3N3O4. The van der Waals surface area contributed by atoms with Crippen molar-refractivity contribution < 1.29 is 32.4 Å². The molecule has 0 spiro atoms. The van der Waals surface area contributed by atoms with Crippen molar-refractivity contribution in [3.63, 3.8) is 0 Å². The highest BCUT2D eigenvalue weighted by Crippen LogP contribution is 2.36. The largest absolute Gasteiger partial charge is 0.494 e. The molecule has 0 aliphatic carbocycles. The lowest BCUT2D eigenvalue weighted by Crippen LogP contribution is -2.41. The molecule has 2 aromatic carbocycles. The first-order chi connectivity index (χ1) is 15.2. The molecule has 1 aliphatic rings. The average Bonchev–Trinajstić information content (AvgIpc) is 2.95. The van der Waals surface area contributed by atoms with Crippen LogP contribution in [0.5, 0.6) is 0 Å². The number of anilines is 1. The van der Waals surface area contributed by atoms with Crippen LogP contribution in [0.15, 0.2) is 48.7 Å². The predicted octanol–water partition coefficient (Wildman–Crippen LogP) is 3.81. The molecule has 3 N–H and O–H groups in total. The van der Waals surface area contributed by atoms with Gasteiger partial charge in [-0.05, 0) is 56.4 Å². The average molecular weight is 461 g/mol. The fraction of sp³-hybridized carbons (Fsp3) is 0.318. The van der Waals surface area contributed by atoms with Crippen LogP contribution in [0, 0.1) is 0 Å². The van der Waals surface area contributed by atoms with Crippen molar-refractivity contribution in [2.45, 2.75) is 45.1 Å². The van der Waals surface area contributed by atoms with E-state index in [-0.39, 0.29) is 18.3 Å². The van der Waals surface area contributed by atoms with E-state index in [2.05, 4.69) is 56.1 Å². The third-order valence-corrected chi connectivity index (χ3v) is 5.68. The maximum Gasteiger partial charge on any atom is 0.494 e. The van der Waals surface area contributed by atoms with Gasteiger partial charge in [0.1, 0.15) is 0 Å². The second kappa shape index (κ2) is 8.64. The number of aromatic nitrogens is 2. The monoisotopic (exact) mass is 461 g/mol. The number of nitrogens with zero attached hydrogens (tertiary/aromatic N) is 2. The highest BCUT2D eigenvalue weighted by atomic mass is 19.4. The molecule has 3 aromatic rings. The Hall–Kier alpha value is -3.18. The fourth-order valence-corrected chi connectivity index (χ4v) is 3.13. The number of halogens is 3. The lowest BCUT2D eigenvalue weighted by atomic mass is 9.78. The summed E-state index contributed by atoms with van der Waals surface area (Å²) in [5.74, 6) is -2.31. The predicted molar refractivity (Wildman–Crippen MR) is 119 cm³/mol. The molecular weight excluding hydrogens is 438 g/mol. The Morgan fingerprint density at radius 1 is 1.03 bits per heavy atom. The van der Waals surface area contributed by atoms with Crippen LogP contribution in [0.1, 0.15) is 27.7 Å². The molecule has 1 aromatic heterocycles. The van der Waals surface area contributed by atoms with Crippen molar-refractivity contribution in [3.8, 4) is 11.1 Å². The van der Waals surface area contributed by atoms with Crippen LogP contribution in [0.3, 0.4) is 0 Å². The van der Waals surface area contributed by atoms with E-state index in [1.165, 1.54) is 0 Å². The van der Waals surface area contributed by atoms with Gasteiger partial charge in [0.25, 0.3) is 0 Å². The van der Waals surface area contributed by atoms with Crippen LogP contribution in [-0.2, 0) is 14.1 Å². The van der Waals surface area contributed by atoms with Crippen molar-refractivity contribution in [3.05, 3.63) is 48.7 Å². The number of carbonyl (C=O) groups is 1. The Morgan fingerprint density at radius 2 is 1.61 bits per heavy atom. The zero-order valence-corrected chi connectivity index (χ0v) is 18.5. The highest BCUT2D eigenvalue weighted by molar-refractivity contribution is 6.62. The molecule has 7 nitrogen and oxygen atoms in total. The minimum Gasteiger partial charge on any atom is -0.475 e. The lowest BCUT2D eigenvalue weighted by molar-refractivity contribution is -0.192. The van der Waals surface area contributed by atoms with E-state index < -0.39 is 12.1 Å². The van der Waals surface area contributed by atoms with E-state index in [1.54, 1.807) is 6.20 Å². The first-order valence-electron chi connectivity index (χ1n) is 9.98. The number of rotatable bonds is 2. The molecule has 33 heavy (non-hydrogen) atoms. The summed E-state index contributed by atoms with van der Waals surface area (Å²) in [5, 5.41) is 16.8. The normalized spacial score (nSPS) is 16.9. The number of nitrogen functional groups attached to an aromatic ring is 1. The van der Waals surface area contributed by atoms with Crippen molar-refractivity contribution in [2.75, 3.05) is 5.73 Å². The molecule has 174 valence electrons. The van der Waals surface area contributed by atoms with E-state index in [4.69, 9.17) is 24.9 Å². The summed E-state index contributed by atoms with van der Waals surface area (Å²) in [7, 11) is -0.373. The van der Waals surface area contributed by atoms with E-state index in [0.29, 0.717) is 5.82 Å². The number of fused-ring (bicyclic) bond motifs is 1. The van der Waals surface area contributed by atoms with Crippen LogP contribution in [0.25, 0.3) is 21.9 Å². The second-order valence-corrected chi connectivity index (χ2v) is 8.55. The Bertz CT molecular complexity index is 1170. The van der Waals surface area contributed by atoms with Gasteiger partial charge in [0, 0.05) is 10.8 Å². The molecule has 1 saturated heterocycles. The summed E-state index contributed by atoms with van der Waals surface area (Å²) >= 11 is 0. The zero-order chi connectivity index (χ0) is 24.6. The van der Waals surface area contributed by atoms with Gasteiger partial charge in [-0.3, -0.25) is 0 Å². The van der Waals surface area contributed by atoms with Crippen molar-refractivity contribution >= 4 is 35.1 Å². The first kappa shape index (κ1) is 24.5. The summed E-state index contributed by atoms with van der Waals surface area (Å²) in [5.41, 5.74) is 8.37. The third kappa shape index (κ3) is 5.26. The molecule has 0 radical (unpaired) electrons. The van der Waals surface area contributed by atoms with Gasteiger partial charge in [0.05, 0.1) is 17.4 Å². The molecule has 1 fully saturated rings. The van der Waals surface area contributed by atoms with Crippen molar-refractivity contribution in [1.29, 1.82) is 0 Å². The van der Waals surface area contributed by atoms with Gasteiger partial charge in [0.2, 0.25) is 0 Å². The van der Waals surface area contributed by atoms with Crippen LogP contribution in [0.4, 0.5) is 19.0 Å². The summed E-state index contributed by atoms with van der Waals surface area (Å²) in [4.78, 5) is 8.90. The summed E-state index contributed by atoms with van der Waals surface area (Å²) in [6.45, 7) is 8.24. The molecule has 0 atom stereocenters. The fourth-order valence-electron chi connectivity index (χ4n) is 3.13. The van der Waals surface area contributed by atoms with Gasteiger partial charge in [0.15, 0.2) is 5.82 Å². The maximum absolute atomic E-state index is 10.6. The standard InChI is InChI=1S/C20H22BN3O2.C2HF3O2/c1-19(2)20(3,4)26-21(25-19)16-7-5-6-13(11-16)14-8-9-17-15(10-14)12-23-24-18(17)22;3-2(4,5)1(6)7/h5-12H,1-4H3,(H2,22,24);(H,6,7). The Kier molecular flexibility index (Phi) is 6.41. The van der Waals surface area contributed by atoms with Gasteiger partial charge in [-0.15, -0.1) is 5.10 Å². The molecule has 0 unspecified atom stereocenters. The summed E-state index contributed by atoms with van der Waals surface area (Å²) < 4.78 is 44.1. The van der Waals surface area contributed by atoms with Gasteiger partial charge in [-0.1, -0.05) is 30.3 Å². The molecule has 0 saturated carbocycles. The van der Waals surface area contributed by atoms with Crippen LogP contribution in [0.2, 0.25) is 0 Å². The van der Waals surface area contributed by atoms with Crippen molar-refractivity contribution in [2.24, 2.45) is 0 Å². The van der Waals surface area contributed by atoms with Gasteiger partial charge in [-0.2, -0.15) is 18.3 Å². The molecule has 0 bridgehead atoms. The summed E-state index contributed by atoms with van der Waals surface area (Å²) in [6.07, 6.45) is -3.35. The molecule has 2 heterocycles. The van der Waals surface area contributed by atoms with Crippen LogP contribution >= 0.6 is 0 Å². The topological polar surface area (TPSA) is 108 Å². The molecule has 4 rings (SSSR count). The number of benzene rings is 2. The quantitative estimate of drug-likeness (QED) is 0.559. The van der Waals surface area contributed by atoms with Gasteiger partial charge in [-0.25, -0.2) is 4.79 Å². The highest BCUT2D eigenvalue weighted by Gasteiger charge is 2.51. The molecule has 0 amide bonds. The minimum absolute atomic E-state index is 0.354. The summed E-state index contributed by atoms with van der Waals surface area (Å²) in [6, 6.07) is 14.4. The van der Waals surface area contributed by atoms with Crippen molar-refractivity contribution in [1.82, 2.24) is 10.2 Å². The lowest BCUT2D eigenvalue weighted by Gasteiger charge is -2.32. The number of carboxylic acid groups (broad SMARTS) is 1. The molecule has 1 aliphatic heterocycles. The van der Waals surface area contributed by atoms with Crippen LogP contribution < -0.4 is 11.2 Å². The van der Waals surface area contributed by atoms with E-state index in [0.717, 1.165) is 27.4 Å². The number of alkyl halides is 3. The SMILES string of the molecule is CC1(C)OB(c2cccc(-c3ccc4c(N)nncc4c3)c2)OC1(C)C.O=C(O)C(F)(F)F. The van der Waals surface area contributed by atoms with Gasteiger partial charge >= 0.3 is 19.3 Å². The Morgan fingerprint density at radius 3 is 2.18 bits per heavy atom. The minimum atomic E-state index is -5.08. The number of carboxylic acids is 1. The van der Waals surface area contributed by atoms with E-state index >= 15 is 0 Å². The smallest absolute Gasteiger partial charge is 0.475 e. The number of nitrogens with two attached hydrogens (primary N) is 1. The van der Waals surface area contributed by atoms with Gasteiger partial charge < -0.3 is 20.1 Å². The number of aliphatic carboxylic acids is 1. The third-order valence-electron chi connectivity index (χ3n) is 5.68. The Labute approximate surface area is 188 Å². The first-order valence-corrected chi connectivity index (χ1v) is 9.98. The van der Waals surface area contributed by atoms with Crippen LogP contribution in [-0.4, -0.2) is 45.8 Å². The van der Waals surface area contributed by atoms with E-state index in [1.807, 2.05) is 24.3 Å². The van der Waals surface area contributed by atoms with E-state index in [9.17, 15) is 13.2 Å².